The lowest BCUT2D eigenvalue weighted by Gasteiger charge is -2.25. The molecule has 0 aliphatic carbocycles. The summed E-state index contributed by atoms with van der Waals surface area (Å²) in [6.45, 7) is 3.99. The van der Waals surface area contributed by atoms with E-state index >= 15 is 0 Å². The van der Waals surface area contributed by atoms with E-state index in [4.69, 9.17) is 4.98 Å². The standard InChI is InChI=1S/C27H27N5O/c1-18-13-22(21-8-10-24(30-16-21)27(33)28-2)15-25(31-18)26-6-4-12-32(26)17-19-7-9-23-20(14-19)5-3-11-29-23/h3,5,7-11,13-16,26H,4,6,12,17H2,1-2H3,(H,28,33)/t26-/m1/s1. The van der Waals surface area contributed by atoms with Crippen molar-refractivity contribution in [1.29, 1.82) is 0 Å². The number of nitrogens with zero attached hydrogens (tertiary/aromatic N) is 4. The molecule has 1 amide bonds. The first-order valence-electron chi connectivity index (χ1n) is 11.4. The van der Waals surface area contributed by atoms with Gasteiger partial charge in [0.05, 0.1) is 17.3 Å². The van der Waals surface area contributed by atoms with Crippen molar-refractivity contribution in [3.63, 3.8) is 0 Å². The van der Waals surface area contributed by atoms with Crippen molar-refractivity contribution in [2.24, 2.45) is 0 Å². The van der Waals surface area contributed by atoms with Gasteiger partial charge in [0.25, 0.3) is 5.91 Å². The molecule has 5 rings (SSSR count). The van der Waals surface area contributed by atoms with E-state index in [1.54, 1.807) is 19.3 Å². The molecule has 6 nitrogen and oxygen atoms in total. The second-order valence-electron chi connectivity index (χ2n) is 8.59. The summed E-state index contributed by atoms with van der Waals surface area (Å²) in [5.74, 6) is -0.181. The predicted molar refractivity (Wildman–Crippen MR) is 130 cm³/mol. The summed E-state index contributed by atoms with van der Waals surface area (Å²) in [7, 11) is 1.61. The highest BCUT2D eigenvalue weighted by Crippen LogP contribution is 2.34. The van der Waals surface area contributed by atoms with Crippen LogP contribution in [0.4, 0.5) is 0 Å². The minimum Gasteiger partial charge on any atom is -0.354 e. The molecular weight excluding hydrogens is 410 g/mol. The van der Waals surface area contributed by atoms with Crippen LogP contribution in [0, 0.1) is 6.92 Å². The summed E-state index contributed by atoms with van der Waals surface area (Å²) < 4.78 is 0. The fourth-order valence-corrected chi connectivity index (χ4v) is 4.67. The molecule has 1 atom stereocenters. The van der Waals surface area contributed by atoms with Gasteiger partial charge in [0.15, 0.2) is 0 Å². The third-order valence-electron chi connectivity index (χ3n) is 6.29. The van der Waals surface area contributed by atoms with E-state index in [1.807, 2.05) is 25.3 Å². The predicted octanol–water partition coefficient (Wildman–Crippen LogP) is 4.70. The van der Waals surface area contributed by atoms with Crippen LogP contribution in [0.15, 0.2) is 67.0 Å². The molecule has 0 saturated carbocycles. The highest BCUT2D eigenvalue weighted by molar-refractivity contribution is 5.92. The maximum atomic E-state index is 11.8. The smallest absolute Gasteiger partial charge is 0.269 e. The molecule has 1 N–H and O–H groups in total. The number of carbonyl (C=O) groups excluding carboxylic acids is 1. The molecule has 1 fully saturated rings. The Balaban J connectivity index is 1.40. The molecule has 1 aromatic carbocycles. The van der Waals surface area contributed by atoms with Gasteiger partial charge in [0.2, 0.25) is 0 Å². The summed E-state index contributed by atoms with van der Waals surface area (Å²) in [5.41, 5.74) is 6.89. The van der Waals surface area contributed by atoms with Gasteiger partial charge < -0.3 is 5.32 Å². The van der Waals surface area contributed by atoms with Crippen molar-refractivity contribution < 1.29 is 4.79 Å². The van der Waals surface area contributed by atoms with Gasteiger partial charge in [0.1, 0.15) is 5.69 Å². The first-order valence-corrected chi connectivity index (χ1v) is 11.4. The van der Waals surface area contributed by atoms with Gasteiger partial charge in [-0.1, -0.05) is 18.2 Å². The first-order chi connectivity index (χ1) is 16.1. The van der Waals surface area contributed by atoms with Crippen LogP contribution >= 0.6 is 0 Å². The van der Waals surface area contributed by atoms with Crippen molar-refractivity contribution in [3.8, 4) is 11.1 Å². The fourth-order valence-electron chi connectivity index (χ4n) is 4.67. The van der Waals surface area contributed by atoms with Gasteiger partial charge in [-0.3, -0.25) is 24.6 Å². The SMILES string of the molecule is CNC(=O)c1ccc(-c2cc(C)nc([C@H]3CCCN3Cc3ccc4ncccc4c3)c2)cn1. The number of rotatable bonds is 5. The summed E-state index contributed by atoms with van der Waals surface area (Å²) in [6.07, 6.45) is 5.85. The number of fused-ring (bicyclic) bond motifs is 1. The Morgan fingerprint density at radius 2 is 2.00 bits per heavy atom. The third-order valence-corrected chi connectivity index (χ3v) is 6.29. The molecule has 4 heterocycles. The molecule has 0 spiro atoms. The number of benzene rings is 1. The number of nitrogens with one attached hydrogen (secondary N) is 1. The Labute approximate surface area is 193 Å². The number of aromatic nitrogens is 3. The van der Waals surface area contributed by atoms with Crippen molar-refractivity contribution in [3.05, 3.63) is 89.6 Å². The molecule has 0 unspecified atom stereocenters. The second-order valence-corrected chi connectivity index (χ2v) is 8.59. The fraction of sp³-hybridized carbons (Fsp3) is 0.259. The number of aryl methyl sites for hydroxylation is 1. The van der Waals surface area contributed by atoms with Crippen LogP contribution in [0.25, 0.3) is 22.0 Å². The Bertz CT molecular complexity index is 1300. The average Bonchev–Trinajstić information content (AvgIpc) is 3.31. The molecule has 6 heteroatoms. The van der Waals surface area contributed by atoms with Gasteiger partial charge in [-0.2, -0.15) is 0 Å². The van der Waals surface area contributed by atoms with Crippen LogP contribution in [0.1, 0.15) is 46.3 Å². The lowest BCUT2D eigenvalue weighted by molar-refractivity contribution is 0.0958. The van der Waals surface area contributed by atoms with Crippen LogP contribution in [-0.2, 0) is 6.54 Å². The minimum atomic E-state index is -0.181. The van der Waals surface area contributed by atoms with Gasteiger partial charge in [-0.15, -0.1) is 0 Å². The monoisotopic (exact) mass is 437 g/mol. The molecule has 4 aromatic rings. The van der Waals surface area contributed by atoms with Crippen LogP contribution in [0.3, 0.4) is 0 Å². The maximum Gasteiger partial charge on any atom is 0.269 e. The summed E-state index contributed by atoms with van der Waals surface area (Å²) in [6, 6.07) is 18.9. The van der Waals surface area contributed by atoms with E-state index in [0.717, 1.165) is 54.0 Å². The highest BCUT2D eigenvalue weighted by Gasteiger charge is 2.27. The second kappa shape index (κ2) is 9.08. The number of likely N-dealkylation sites (tertiary alicyclic amines) is 1. The maximum absolute atomic E-state index is 11.8. The lowest BCUT2D eigenvalue weighted by Crippen LogP contribution is -2.23. The van der Waals surface area contributed by atoms with Crippen molar-refractivity contribution >= 4 is 16.8 Å². The topological polar surface area (TPSA) is 71.0 Å². The van der Waals surface area contributed by atoms with E-state index in [0.29, 0.717) is 5.69 Å². The average molecular weight is 438 g/mol. The first kappa shape index (κ1) is 21.2. The molecular formula is C27H27N5O. The van der Waals surface area contributed by atoms with Crippen LogP contribution in [-0.4, -0.2) is 39.4 Å². The molecule has 1 aliphatic heterocycles. The van der Waals surface area contributed by atoms with E-state index in [2.05, 4.69) is 56.6 Å². The molecule has 1 saturated heterocycles. The quantitative estimate of drug-likeness (QED) is 0.490. The molecule has 0 radical (unpaired) electrons. The highest BCUT2D eigenvalue weighted by atomic mass is 16.1. The Kier molecular flexibility index (Phi) is 5.84. The Morgan fingerprint density at radius 1 is 1.09 bits per heavy atom. The molecule has 0 bridgehead atoms. The zero-order valence-electron chi connectivity index (χ0n) is 19.0. The van der Waals surface area contributed by atoms with Crippen LogP contribution < -0.4 is 5.32 Å². The molecule has 166 valence electrons. The van der Waals surface area contributed by atoms with Crippen LogP contribution in [0.5, 0.6) is 0 Å². The molecule has 3 aromatic heterocycles. The zero-order chi connectivity index (χ0) is 22.8. The van der Waals surface area contributed by atoms with E-state index in [1.165, 1.54) is 10.9 Å². The number of hydrogen-bond donors (Lipinski definition) is 1. The normalized spacial score (nSPS) is 16.2. The molecule has 1 aliphatic rings. The van der Waals surface area contributed by atoms with Crippen molar-refractivity contribution in [2.75, 3.05) is 13.6 Å². The third kappa shape index (κ3) is 4.47. The van der Waals surface area contributed by atoms with E-state index in [9.17, 15) is 4.79 Å². The summed E-state index contributed by atoms with van der Waals surface area (Å²) in [4.78, 5) is 28.0. The van der Waals surface area contributed by atoms with E-state index in [-0.39, 0.29) is 11.9 Å². The van der Waals surface area contributed by atoms with Gasteiger partial charge in [0, 0.05) is 42.6 Å². The minimum absolute atomic E-state index is 0.181. The van der Waals surface area contributed by atoms with Crippen molar-refractivity contribution in [1.82, 2.24) is 25.2 Å². The summed E-state index contributed by atoms with van der Waals surface area (Å²) >= 11 is 0. The number of hydrogen-bond acceptors (Lipinski definition) is 5. The van der Waals surface area contributed by atoms with Gasteiger partial charge >= 0.3 is 0 Å². The number of amides is 1. The van der Waals surface area contributed by atoms with Gasteiger partial charge in [-0.25, -0.2) is 0 Å². The summed E-state index contributed by atoms with van der Waals surface area (Å²) in [5, 5.41) is 3.79. The van der Waals surface area contributed by atoms with Gasteiger partial charge in [-0.05, 0) is 73.8 Å². The number of carbonyl (C=O) groups is 1. The zero-order valence-corrected chi connectivity index (χ0v) is 19.0. The lowest BCUT2D eigenvalue weighted by atomic mass is 10.0. The number of pyridine rings is 3. The Morgan fingerprint density at radius 3 is 2.82 bits per heavy atom. The largest absolute Gasteiger partial charge is 0.354 e. The van der Waals surface area contributed by atoms with Crippen molar-refractivity contribution in [2.45, 2.75) is 32.4 Å². The Hall–Kier alpha value is -3.64. The van der Waals surface area contributed by atoms with E-state index < -0.39 is 0 Å². The van der Waals surface area contributed by atoms with Crippen LogP contribution in [0.2, 0.25) is 0 Å². The molecule has 33 heavy (non-hydrogen) atoms.